The van der Waals surface area contributed by atoms with Crippen LogP contribution in [0.25, 0.3) is 0 Å². The summed E-state index contributed by atoms with van der Waals surface area (Å²) in [7, 11) is 1.74. The molecule has 0 aromatic heterocycles. The molecule has 0 bridgehead atoms. The minimum absolute atomic E-state index is 0.316. The van der Waals surface area contributed by atoms with Gasteiger partial charge >= 0.3 is 0 Å². The van der Waals surface area contributed by atoms with Crippen LogP contribution in [0.1, 0.15) is 25.8 Å². The highest BCUT2D eigenvalue weighted by Gasteiger charge is 2.35. The fourth-order valence-corrected chi connectivity index (χ4v) is 3.26. The number of nitrogens with zero attached hydrogens (tertiary/aromatic N) is 2. The van der Waals surface area contributed by atoms with Gasteiger partial charge < -0.3 is 15.0 Å². The van der Waals surface area contributed by atoms with Crippen molar-refractivity contribution < 1.29 is 4.74 Å². The first kappa shape index (κ1) is 18.7. The average molecular weight is 329 g/mol. The SMILES string of the molecule is C=CCNC[C@@H]1[C@@H](CC(C)C)N=C(COC)N1Cc1ccccc1. The number of hydrogen-bond acceptors (Lipinski definition) is 4. The molecule has 0 saturated heterocycles. The van der Waals surface area contributed by atoms with Gasteiger partial charge in [0.1, 0.15) is 12.4 Å². The summed E-state index contributed by atoms with van der Waals surface area (Å²) in [5.74, 6) is 1.69. The zero-order valence-corrected chi connectivity index (χ0v) is 15.2. The van der Waals surface area contributed by atoms with Crippen LogP contribution in [0.4, 0.5) is 0 Å². The summed E-state index contributed by atoms with van der Waals surface area (Å²) < 4.78 is 5.41. The second-order valence-corrected chi connectivity index (χ2v) is 6.80. The first-order valence-electron chi connectivity index (χ1n) is 8.83. The molecule has 132 valence electrons. The Morgan fingerprint density at radius 2 is 2.08 bits per heavy atom. The molecule has 0 aliphatic carbocycles. The van der Waals surface area contributed by atoms with Gasteiger partial charge in [0, 0.05) is 26.7 Å². The number of nitrogens with one attached hydrogen (secondary N) is 1. The Morgan fingerprint density at radius 1 is 1.33 bits per heavy atom. The molecular weight excluding hydrogens is 298 g/mol. The monoisotopic (exact) mass is 329 g/mol. The van der Waals surface area contributed by atoms with Gasteiger partial charge in [0.05, 0.1) is 12.1 Å². The molecule has 0 fully saturated rings. The highest BCUT2D eigenvalue weighted by atomic mass is 16.5. The van der Waals surface area contributed by atoms with Crippen LogP contribution in [0.15, 0.2) is 48.0 Å². The average Bonchev–Trinajstić information content (AvgIpc) is 2.86. The molecule has 24 heavy (non-hydrogen) atoms. The molecule has 0 saturated carbocycles. The van der Waals surface area contributed by atoms with Gasteiger partial charge in [-0.25, -0.2) is 0 Å². The molecule has 1 aromatic rings. The summed E-state index contributed by atoms with van der Waals surface area (Å²) in [6.45, 7) is 11.5. The van der Waals surface area contributed by atoms with Gasteiger partial charge in [-0.15, -0.1) is 6.58 Å². The van der Waals surface area contributed by atoms with Crippen molar-refractivity contribution in [2.45, 2.75) is 38.9 Å². The Morgan fingerprint density at radius 3 is 2.71 bits per heavy atom. The summed E-state index contributed by atoms with van der Waals surface area (Å²) in [5, 5.41) is 3.48. The summed E-state index contributed by atoms with van der Waals surface area (Å²) >= 11 is 0. The third-order valence-corrected chi connectivity index (χ3v) is 4.32. The van der Waals surface area contributed by atoms with Gasteiger partial charge in [-0.3, -0.25) is 4.99 Å². The second-order valence-electron chi connectivity index (χ2n) is 6.80. The number of hydrogen-bond donors (Lipinski definition) is 1. The molecule has 1 aliphatic heterocycles. The number of amidine groups is 1. The number of benzene rings is 1. The molecule has 2 rings (SSSR count). The van der Waals surface area contributed by atoms with E-state index >= 15 is 0 Å². The largest absolute Gasteiger partial charge is 0.377 e. The summed E-state index contributed by atoms with van der Waals surface area (Å²) in [4.78, 5) is 7.43. The lowest BCUT2D eigenvalue weighted by Crippen LogP contribution is -2.47. The third kappa shape index (κ3) is 5.18. The van der Waals surface area contributed by atoms with Gasteiger partial charge in [0.2, 0.25) is 0 Å². The van der Waals surface area contributed by atoms with Crippen molar-refractivity contribution in [3.63, 3.8) is 0 Å². The quantitative estimate of drug-likeness (QED) is 0.529. The van der Waals surface area contributed by atoms with Crippen molar-refractivity contribution in [1.82, 2.24) is 10.2 Å². The van der Waals surface area contributed by atoms with E-state index in [0.717, 1.165) is 31.9 Å². The molecule has 0 spiro atoms. The Bertz CT molecular complexity index is 527. The van der Waals surface area contributed by atoms with Crippen LogP contribution in [-0.2, 0) is 11.3 Å². The second kappa shape index (κ2) is 9.60. The summed E-state index contributed by atoms with van der Waals surface area (Å²) in [6, 6.07) is 11.3. The van der Waals surface area contributed by atoms with E-state index in [1.807, 2.05) is 6.08 Å². The fraction of sp³-hybridized carbons (Fsp3) is 0.550. The number of aliphatic imine (C=N–C) groups is 1. The van der Waals surface area contributed by atoms with Crippen LogP contribution in [0, 0.1) is 5.92 Å². The Balaban J connectivity index is 2.18. The van der Waals surface area contributed by atoms with Crippen molar-refractivity contribution in [2.24, 2.45) is 10.9 Å². The van der Waals surface area contributed by atoms with Gasteiger partial charge in [-0.1, -0.05) is 50.3 Å². The van der Waals surface area contributed by atoms with Crippen LogP contribution >= 0.6 is 0 Å². The Labute approximate surface area is 146 Å². The van der Waals surface area contributed by atoms with Crippen LogP contribution < -0.4 is 5.32 Å². The molecule has 2 atom stereocenters. The first-order chi connectivity index (χ1) is 11.7. The zero-order chi connectivity index (χ0) is 17.4. The molecule has 0 radical (unpaired) electrons. The maximum Gasteiger partial charge on any atom is 0.126 e. The van der Waals surface area contributed by atoms with E-state index in [4.69, 9.17) is 9.73 Å². The van der Waals surface area contributed by atoms with E-state index in [-0.39, 0.29) is 0 Å². The van der Waals surface area contributed by atoms with Crippen LogP contribution in [0.3, 0.4) is 0 Å². The van der Waals surface area contributed by atoms with Crippen molar-refractivity contribution >= 4 is 5.84 Å². The summed E-state index contributed by atoms with van der Waals surface area (Å²) in [5.41, 5.74) is 1.31. The summed E-state index contributed by atoms with van der Waals surface area (Å²) in [6.07, 6.45) is 3.00. The lowest BCUT2D eigenvalue weighted by molar-refractivity contribution is 0.217. The van der Waals surface area contributed by atoms with Gasteiger partial charge in [0.25, 0.3) is 0 Å². The highest BCUT2D eigenvalue weighted by molar-refractivity contribution is 5.86. The molecule has 4 heteroatoms. The molecule has 1 aliphatic rings. The van der Waals surface area contributed by atoms with Crippen molar-refractivity contribution in [2.75, 3.05) is 26.8 Å². The van der Waals surface area contributed by atoms with Gasteiger partial charge in [0.15, 0.2) is 0 Å². The molecule has 0 amide bonds. The van der Waals surface area contributed by atoms with E-state index in [0.29, 0.717) is 24.6 Å². The lowest BCUT2D eigenvalue weighted by Gasteiger charge is -2.31. The highest BCUT2D eigenvalue weighted by Crippen LogP contribution is 2.25. The van der Waals surface area contributed by atoms with E-state index in [9.17, 15) is 0 Å². The van der Waals surface area contributed by atoms with Crippen LogP contribution in [-0.4, -0.2) is 49.6 Å². The lowest BCUT2D eigenvalue weighted by atomic mass is 9.97. The minimum atomic E-state index is 0.316. The van der Waals surface area contributed by atoms with Crippen molar-refractivity contribution in [1.29, 1.82) is 0 Å². The van der Waals surface area contributed by atoms with Crippen molar-refractivity contribution in [3.05, 3.63) is 48.6 Å². The smallest absolute Gasteiger partial charge is 0.126 e. The molecule has 0 unspecified atom stereocenters. The predicted octanol–water partition coefficient (Wildman–Crippen LogP) is 3.11. The zero-order valence-electron chi connectivity index (χ0n) is 15.2. The minimum Gasteiger partial charge on any atom is -0.377 e. The third-order valence-electron chi connectivity index (χ3n) is 4.32. The van der Waals surface area contributed by atoms with E-state index in [2.05, 4.69) is 61.0 Å². The standard InChI is InChI=1S/C20H31N3O/c1-5-11-21-13-19-18(12-16(2)3)22-20(15-24-4)23(19)14-17-9-7-6-8-10-17/h5-10,16,18-19,21H,1,11-15H2,2-4H3/t18-,19-/m1/s1. The Kier molecular flexibility index (Phi) is 7.47. The van der Waals surface area contributed by atoms with E-state index < -0.39 is 0 Å². The predicted molar refractivity (Wildman–Crippen MR) is 101 cm³/mol. The normalized spacial score (nSPS) is 20.5. The van der Waals surface area contributed by atoms with Crippen LogP contribution in [0.2, 0.25) is 0 Å². The Hall–Kier alpha value is -1.65. The molecule has 4 nitrogen and oxygen atoms in total. The fourth-order valence-electron chi connectivity index (χ4n) is 3.26. The maximum atomic E-state index is 5.41. The molecule has 1 heterocycles. The molecule has 1 aromatic carbocycles. The maximum absolute atomic E-state index is 5.41. The topological polar surface area (TPSA) is 36.9 Å². The number of methoxy groups -OCH3 is 1. The van der Waals surface area contributed by atoms with E-state index in [1.165, 1.54) is 5.56 Å². The first-order valence-corrected chi connectivity index (χ1v) is 8.83. The van der Waals surface area contributed by atoms with E-state index in [1.54, 1.807) is 7.11 Å². The number of ether oxygens (including phenoxy) is 1. The van der Waals surface area contributed by atoms with Crippen molar-refractivity contribution in [3.8, 4) is 0 Å². The van der Waals surface area contributed by atoms with Gasteiger partial charge in [-0.2, -0.15) is 0 Å². The molecular formula is C20H31N3O. The van der Waals surface area contributed by atoms with Crippen LogP contribution in [0.5, 0.6) is 0 Å². The number of rotatable bonds is 10. The van der Waals surface area contributed by atoms with Gasteiger partial charge in [-0.05, 0) is 17.9 Å². The molecule has 1 N–H and O–H groups in total.